The van der Waals surface area contributed by atoms with Crippen LogP contribution in [0.3, 0.4) is 0 Å². The minimum absolute atomic E-state index is 0.271. The van der Waals surface area contributed by atoms with Crippen molar-refractivity contribution in [1.29, 1.82) is 0 Å². The maximum absolute atomic E-state index is 5.93. The minimum Gasteiger partial charge on any atom is -0.302 e. The van der Waals surface area contributed by atoms with Gasteiger partial charge in [-0.15, -0.1) is 11.3 Å². The molecule has 3 aromatic rings. The van der Waals surface area contributed by atoms with Crippen LogP contribution in [-0.4, -0.2) is 19.7 Å². The largest absolute Gasteiger partial charge is 0.302 e. The van der Waals surface area contributed by atoms with Crippen LogP contribution in [0.25, 0.3) is 10.6 Å². The zero-order valence-electron chi connectivity index (χ0n) is 12.4. The van der Waals surface area contributed by atoms with Crippen molar-refractivity contribution in [2.24, 2.45) is 0 Å². The lowest BCUT2D eigenvalue weighted by Crippen LogP contribution is -2.28. The number of hydrogen-bond acceptors (Lipinski definition) is 5. The van der Waals surface area contributed by atoms with Crippen LogP contribution in [0.5, 0.6) is 0 Å². The summed E-state index contributed by atoms with van der Waals surface area (Å²) >= 11 is 7.64. The summed E-state index contributed by atoms with van der Waals surface area (Å²) in [6.45, 7) is 1.76. The predicted octanol–water partition coefficient (Wildman–Crippen LogP) is 3.68. The minimum atomic E-state index is 0.271. The van der Waals surface area contributed by atoms with E-state index in [9.17, 15) is 0 Å². The number of aryl methyl sites for hydroxylation is 1. The van der Waals surface area contributed by atoms with E-state index in [2.05, 4.69) is 20.4 Å². The number of rotatable bonds is 4. The lowest BCUT2D eigenvalue weighted by Gasteiger charge is -2.22. The molecule has 0 spiro atoms. The summed E-state index contributed by atoms with van der Waals surface area (Å²) in [6.07, 6.45) is 5.81. The number of aromatic nitrogens is 4. The molecule has 1 aromatic carbocycles. The smallest absolute Gasteiger partial charge is 0.143 e. The number of halogens is 1. The van der Waals surface area contributed by atoms with Gasteiger partial charge in [0.2, 0.25) is 0 Å². The predicted molar refractivity (Wildman–Crippen MR) is 91.4 cm³/mol. The van der Waals surface area contributed by atoms with Crippen molar-refractivity contribution in [3.63, 3.8) is 0 Å². The zero-order valence-corrected chi connectivity index (χ0v) is 14.0. The molecule has 0 fully saturated rings. The van der Waals surface area contributed by atoms with Gasteiger partial charge >= 0.3 is 0 Å². The van der Waals surface area contributed by atoms with Gasteiger partial charge in [0.25, 0.3) is 0 Å². The Morgan fingerprint density at radius 2 is 2.13 bits per heavy atom. The normalized spacial score (nSPS) is 17.2. The van der Waals surface area contributed by atoms with Crippen molar-refractivity contribution in [3.05, 3.63) is 52.5 Å². The molecule has 23 heavy (non-hydrogen) atoms. The van der Waals surface area contributed by atoms with Gasteiger partial charge in [0.15, 0.2) is 0 Å². The molecule has 2 aromatic heterocycles. The maximum atomic E-state index is 5.93. The monoisotopic (exact) mass is 345 g/mol. The van der Waals surface area contributed by atoms with Gasteiger partial charge in [-0.1, -0.05) is 23.7 Å². The van der Waals surface area contributed by atoms with Crippen LogP contribution in [0, 0.1) is 0 Å². The fraction of sp³-hybridized carbons (Fsp3) is 0.312. The third-order valence-corrected chi connectivity index (χ3v) is 5.29. The second kappa shape index (κ2) is 6.39. The Kier molecular flexibility index (Phi) is 4.11. The van der Waals surface area contributed by atoms with E-state index < -0.39 is 0 Å². The topological polar surface area (TPSA) is 55.6 Å². The lowest BCUT2D eigenvalue weighted by molar-refractivity contribution is 0.367. The average Bonchev–Trinajstić information content (AvgIpc) is 3.23. The Morgan fingerprint density at radius 1 is 1.26 bits per heavy atom. The van der Waals surface area contributed by atoms with E-state index in [0.29, 0.717) is 0 Å². The molecule has 0 aliphatic carbocycles. The quantitative estimate of drug-likeness (QED) is 0.783. The molecule has 1 unspecified atom stereocenters. The van der Waals surface area contributed by atoms with Gasteiger partial charge in [0, 0.05) is 34.7 Å². The second-order valence-corrected chi connectivity index (χ2v) is 7.11. The van der Waals surface area contributed by atoms with Gasteiger partial charge < -0.3 is 5.32 Å². The van der Waals surface area contributed by atoms with Crippen molar-refractivity contribution >= 4 is 22.9 Å². The van der Waals surface area contributed by atoms with E-state index in [1.807, 2.05) is 35.1 Å². The highest BCUT2D eigenvalue weighted by atomic mass is 35.5. The molecule has 5 nitrogen and oxygen atoms in total. The molecule has 3 heterocycles. The molecular formula is C16H16ClN5S. The Labute approximate surface area is 143 Å². The molecule has 7 heteroatoms. The summed E-state index contributed by atoms with van der Waals surface area (Å²) in [5.41, 5.74) is 1.10. The lowest BCUT2D eigenvalue weighted by atomic mass is 10.1. The summed E-state index contributed by atoms with van der Waals surface area (Å²) < 4.78 is 1.99. The molecule has 0 saturated heterocycles. The van der Waals surface area contributed by atoms with Gasteiger partial charge in [-0.25, -0.2) is 14.6 Å². The summed E-state index contributed by atoms with van der Waals surface area (Å²) in [6, 6.07) is 8.06. The SMILES string of the molecule is Clc1ccc(-c2ncc(CNC3CCCn4ncnc43)s2)cc1. The van der Waals surface area contributed by atoms with Gasteiger partial charge in [-0.2, -0.15) is 5.10 Å². The second-order valence-electron chi connectivity index (χ2n) is 5.56. The van der Waals surface area contributed by atoms with Crippen molar-refractivity contribution in [3.8, 4) is 10.6 Å². The van der Waals surface area contributed by atoms with Crippen molar-refractivity contribution in [2.75, 3.05) is 0 Å². The summed E-state index contributed by atoms with van der Waals surface area (Å²) in [7, 11) is 0. The zero-order chi connectivity index (χ0) is 15.6. The Balaban J connectivity index is 1.44. The van der Waals surface area contributed by atoms with Crippen LogP contribution in [0.15, 0.2) is 36.8 Å². The number of nitrogens with zero attached hydrogens (tertiary/aromatic N) is 4. The molecule has 0 bridgehead atoms. The van der Waals surface area contributed by atoms with Crippen LogP contribution in [-0.2, 0) is 13.1 Å². The fourth-order valence-corrected chi connectivity index (χ4v) is 3.82. The van der Waals surface area contributed by atoms with Gasteiger partial charge in [0.05, 0.1) is 6.04 Å². The molecule has 0 amide bonds. The van der Waals surface area contributed by atoms with Crippen LogP contribution in [0.4, 0.5) is 0 Å². The molecule has 1 aliphatic rings. The number of fused-ring (bicyclic) bond motifs is 1. The highest BCUT2D eigenvalue weighted by Crippen LogP contribution is 2.27. The molecule has 0 radical (unpaired) electrons. The van der Waals surface area contributed by atoms with E-state index in [1.54, 1.807) is 17.7 Å². The number of thiazole rings is 1. The van der Waals surface area contributed by atoms with E-state index >= 15 is 0 Å². The van der Waals surface area contributed by atoms with Gasteiger partial charge in [-0.05, 0) is 25.0 Å². The van der Waals surface area contributed by atoms with Crippen LogP contribution in [0.2, 0.25) is 5.02 Å². The summed E-state index contributed by atoms with van der Waals surface area (Å²) in [4.78, 5) is 10.1. The number of nitrogens with one attached hydrogen (secondary N) is 1. The van der Waals surface area contributed by atoms with Gasteiger partial charge in [-0.3, -0.25) is 0 Å². The van der Waals surface area contributed by atoms with Crippen LogP contribution in [0.1, 0.15) is 29.6 Å². The first kappa shape index (κ1) is 14.8. The highest BCUT2D eigenvalue weighted by molar-refractivity contribution is 7.15. The van der Waals surface area contributed by atoms with Crippen molar-refractivity contribution < 1.29 is 0 Å². The van der Waals surface area contributed by atoms with Gasteiger partial charge in [0.1, 0.15) is 17.2 Å². The first-order valence-corrected chi connectivity index (χ1v) is 8.81. The summed E-state index contributed by atoms with van der Waals surface area (Å²) in [5, 5.41) is 9.60. The fourth-order valence-electron chi connectivity index (χ4n) is 2.82. The molecule has 118 valence electrons. The van der Waals surface area contributed by atoms with E-state index in [-0.39, 0.29) is 6.04 Å². The third-order valence-electron chi connectivity index (χ3n) is 3.99. The van der Waals surface area contributed by atoms with E-state index in [1.165, 1.54) is 4.88 Å². The first-order valence-electron chi connectivity index (χ1n) is 7.61. The van der Waals surface area contributed by atoms with Crippen LogP contribution < -0.4 is 5.32 Å². The molecule has 1 atom stereocenters. The van der Waals surface area contributed by atoms with Crippen molar-refractivity contribution in [1.82, 2.24) is 25.1 Å². The Morgan fingerprint density at radius 3 is 3.00 bits per heavy atom. The molecular weight excluding hydrogens is 330 g/mol. The maximum Gasteiger partial charge on any atom is 0.143 e. The highest BCUT2D eigenvalue weighted by Gasteiger charge is 2.21. The van der Waals surface area contributed by atoms with Crippen LogP contribution >= 0.6 is 22.9 Å². The molecule has 0 saturated carbocycles. The average molecular weight is 346 g/mol. The standard InChI is InChI=1S/C16H16ClN5S/c17-12-5-3-11(4-6-12)16-19-9-13(23-16)8-18-14-2-1-7-22-15(14)20-10-21-22/h3-6,9-10,14,18H,1-2,7-8H2. The molecule has 1 N–H and O–H groups in total. The number of hydrogen-bond donors (Lipinski definition) is 1. The van der Waals surface area contributed by atoms with E-state index in [4.69, 9.17) is 11.6 Å². The first-order chi connectivity index (χ1) is 11.3. The Hall–Kier alpha value is -1.76. The molecule has 4 rings (SSSR count). The van der Waals surface area contributed by atoms with Crippen molar-refractivity contribution in [2.45, 2.75) is 32.0 Å². The summed E-state index contributed by atoms with van der Waals surface area (Å²) in [5.74, 6) is 1.04. The van der Waals surface area contributed by atoms with E-state index in [0.717, 1.165) is 47.3 Å². The Bertz CT molecular complexity index is 795. The molecule has 1 aliphatic heterocycles. The third kappa shape index (κ3) is 3.15. The number of benzene rings is 1.